The van der Waals surface area contributed by atoms with Crippen LogP contribution < -0.4 is 0 Å². The molecule has 2 heteroatoms. The Labute approximate surface area is 234 Å². The maximum absolute atomic E-state index is 9.25. The molecule has 0 aliphatic rings. The fourth-order valence-corrected chi connectivity index (χ4v) is 4.98. The highest BCUT2D eigenvalue weighted by molar-refractivity contribution is 6.22. The van der Waals surface area contributed by atoms with E-state index in [2.05, 4.69) is 0 Å². The monoisotopic (exact) mass is 487 g/mol. The largest absolute Gasteiger partial charge is 0.296 e. The maximum Gasteiger partial charge on any atom is 0.114 e. The van der Waals surface area contributed by atoms with Gasteiger partial charge in [0.15, 0.2) is 0 Å². The van der Waals surface area contributed by atoms with Crippen molar-refractivity contribution in [2.75, 3.05) is 0 Å². The summed E-state index contributed by atoms with van der Waals surface area (Å²) in [6, 6.07) is 6.14. The number of fused-ring (bicyclic) bond motifs is 3. The summed E-state index contributed by atoms with van der Waals surface area (Å²) >= 11 is 0. The molecule has 1 heterocycles. The van der Waals surface area contributed by atoms with Gasteiger partial charge in [-0.1, -0.05) is 116 Å². The van der Waals surface area contributed by atoms with Gasteiger partial charge in [0, 0.05) is 12.0 Å². The Kier molecular flexibility index (Phi) is 2.85. The molecule has 2 nitrogen and oxygen atoms in total. The number of aromatic nitrogens is 2. The average molecular weight is 488 g/mol. The molecular formula is C35H26N2. The van der Waals surface area contributed by atoms with E-state index in [1.807, 2.05) is 35.8 Å². The Balaban J connectivity index is 1.85. The van der Waals surface area contributed by atoms with Gasteiger partial charge < -0.3 is 0 Å². The third-order valence-corrected chi connectivity index (χ3v) is 6.49. The third kappa shape index (κ3) is 3.37. The fourth-order valence-electron chi connectivity index (χ4n) is 4.98. The van der Waals surface area contributed by atoms with Crippen molar-refractivity contribution >= 4 is 32.6 Å². The zero-order chi connectivity index (χ0) is 36.1. The van der Waals surface area contributed by atoms with Gasteiger partial charge >= 0.3 is 0 Å². The van der Waals surface area contributed by atoms with Crippen LogP contribution in [0.5, 0.6) is 0 Å². The maximum atomic E-state index is 9.25. The molecular weight excluding hydrogens is 448 g/mol. The minimum atomic E-state index is -0.711. The van der Waals surface area contributed by atoms with Gasteiger partial charge in [0.25, 0.3) is 0 Å². The summed E-state index contributed by atoms with van der Waals surface area (Å²) in [6.07, 6.45) is 0.512. The molecule has 0 aliphatic heterocycles. The first kappa shape index (κ1) is 12.0. The number of imidazole rings is 1. The molecule has 0 amide bonds. The standard InChI is InChI=1S/C35H26N2/c1-2-33-36-30-21-11-13-23-32(30)37(33)31-22-12-10-20-29(31)35-27-18-8-6-16-25(27)34(24-14-4-3-5-15-24)26-17-7-9-19-28(26)35/h3-23H,2H2,1H3/i3D,4D,5D,6D,7D,8D,9D,14D,15D,16D,17D,18D,19D. The SMILES string of the molecule is [2H]c1c([2H])c([2H])c(-c2c3c([2H])c([2H])c([2H])c([2H])c3c(-c3ccccc3-n3c(CC)nc4ccccc43)c3c([2H])c([2H])c([2H])c([2H])c23)c([2H])c1[2H]. The lowest BCUT2D eigenvalue weighted by Crippen LogP contribution is -2.03. The van der Waals surface area contributed by atoms with Crippen LogP contribution in [0.4, 0.5) is 0 Å². The lowest BCUT2D eigenvalue weighted by atomic mass is 9.85. The summed E-state index contributed by atoms with van der Waals surface area (Å²) in [5.74, 6) is 0.673. The highest BCUT2D eigenvalue weighted by Crippen LogP contribution is 2.45. The van der Waals surface area contributed by atoms with E-state index in [-0.39, 0.29) is 32.7 Å². The first-order valence-corrected chi connectivity index (χ1v) is 11.8. The van der Waals surface area contributed by atoms with E-state index < -0.39 is 84.1 Å². The molecule has 0 bridgehead atoms. The van der Waals surface area contributed by atoms with Crippen LogP contribution >= 0.6 is 0 Å². The summed E-state index contributed by atoms with van der Waals surface area (Å²) in [4.78, 5) is 4.81. The molecule has 0 fully saturated rings. The first-order valence-electron chi connectivity index (χ1n) is 18.3. The van der Waals surface area contributed by atoms with Crippen LogP contribution in [-0.4, -0.2) is 9.55 Å². The number of hydrogen-bond acceptors (Lipinski definition) is 1. The molecule has 0 radical (unpaired) electrons. The second-order valence-corrected chi connectivity index (χ2v) is 8.47. The molecule has 7 aromatic rings. The van der Waals surface area contributed by atoms with Gasteiger partial charge in [0.1, 0.15) is 5.82 Å². The van der Waals surface area contributed by atoms with E-state index in [9.17, 15) is 5.48 Å². The third-order valence-electron chi connectivity index (χ3n) is 6.49. The summed E-state index contributed by atoms with van der Waals surface area (Å²) in [6.45, 7) is 1.94. The van der Waals surface area contributed by atoms with Crippen LogP contribution in [0.3, 0.4) is 0 Å². The van der Waals surface area contributed by atoms with Gasteiger partial charge in [-0.15, -0.1) is 0 Å². The van der Waals surface area contributed by atoms with Gasteiger partial charge in [-0.05, 0) is 56.4 Å². The Hall–Kier alpha value is -4.69. The quantitative estimate of drug-likeness (QED) is 0.226. The zero-order valence-corrected chi connectivity index (χ0v) is 19.7. The van der Waals surface area contributed by atoms with Gasteiger partial charge in [-0.2, -0.15) is 0 Å². The number of para-hydroxylation sites is 3. The molecule has 37 heavy (non-hydrogen) atoms. The number of nitrogens with zero attached hydrogens (tertiary/aromatic N) is 2. The predicted octanol–water partition coefficient (Wildman–Crippen LogP) is 9.23. The fraction of sp³-hybridized carbons (Fsp3) is 0.0571. The molecule has 0 saturated heterocycles. The zero-order valence-electron chi connectivity index (χ0n) is 32.7. The molecule has 0 N–H and O–H groups in total. The van der Waals surface area contributed by atoms with Crippen LogP contribution in [0, 0.1) is 0 Å². The number of benzene rings is 6. The van der Waals surface area contributed by atoms with Gasteiger partial charge in [-0.25, -0.2) is 4.98 Å². The summed E-state index contributed by atoms with van der Waals surface area (Å²) < 4.78 is 116. The molecule has 176 valence electrons. The van der Waals surface area contributed by atoms with Gasteiger partial charge in [0.05, 0.1) is 34.5 Å². The lowest BCUT2D eigenvalue weighted by molar-refractivity contribution is 0.909. The number of aryl methyl sites for hydroxylation is 1. The van der Waals surface area contributed by atoms with Crippen LogP contribution in [-0.2, 0) is 6.42 Å². The summed E-state index contributed by atoms with van der Waals surface area (Å²) in [7, 11) is 0. The average Bonchev–Trinajstić information content (AvgIpc) is 3.50. The molecule has 0 spiro atoms. The first-order chi connectivity index (χ1) is 23.7. The summed E-state index contributed by atoms with van der Waals surface area (Å²) in [5, 5.41) is -0.762. The molecule has 1 aromatic heterocycles. The number of rotatable bonds is 4. The molecule has 0 atom stereocenters. The van der Waals surface area contributed by atoms with Gasteiger partial charge in [0.2, 0.25) is 0 Å². The normalized spacial score (nSPS) is 16.4. The van der Waals surface area contributed by atoms with Crippen LogP contribution in [0.2, 0.25) is 0 Å². The van der Waals surface area contributed by atoms with Crippen molar-refractivity contribution in [2.45, 2.75) is 13.3 Å². The van der Waals surface area contributed by atoms with E-state index in [0.717, 1.165) is 5.52 Å². The van der Waals surface area contributed by atoms with Crippen molar-refractivity contribution in [3.05, 3.63) is 133 Å². The second-order valence-electron chi connectivity index (χ2n) is 8.47. The van der Waals surface area contributed by atoms with E-state index in [1.165, 1.54) is 0 Å². The topological polar surface area (TPSA) is 17.8 Å². The second kappa shape index (κ2) is 8.76. The predicted molar refractivity (Wildman–Crippen MR) is 156 cm³/mol. The molecule has 6 aromatic carbocycles. The highest BCUT2D eigenvalue weighted by atomic mass is 15.1. The van der Waals surface area contributed by atoms with Crippen molar-refractivity contribution in [3.8, 4) is 27.9 Å². The van der Waals surface area contributed by atoms with E-state index in [4.69, 9.17) is 17.3 Å². The molecule has 7 rings (SSSR count). The Morgan fingerprint density at radius 3 is 1.89 bits per heavy atom. The van der Waals surface area contributed by atoms with Crippen molar-refractivity contribution in [3.63, 3.8) is 0 Å². The molecule has 0 aliphatic carbocycles. The van der Waals surface area contributed by atoms with E-state index in [0.29, 0.717) is 29.0 Å². The van der Waals surface area contributed by atoms with Crippen molar-refractivity contribution in [1.29, 1.82) is 0 Å². The van der Waals surface area contributed by atoms with Gasteiger partial charge in [-0.3, -0.25) is 4.57 Å². The Bertz CT molecular complexity index is 2520. The minimum absolute atomic E-state index is 0.0700. The van der Waals surface area contributed by atoms with Crippen molar-refractivity contribution < 1.29 is 17.8 Å². The number of hydrogen-bond donors (Lipinski definition) is 0. The van der Waals surface area contributed by atoms with Crippen LogP contribution in [0.15, 0.2) is 127 Å². The van der Waals surface area contributed by atoms with Crippen LogP contribution in [0.25, 0.3) is 60.5 Å². The smallest absolute Gasteiger partial charge is 0.114 e. The summed E-state index contributed by atoms with van der Waals surface area (Å²) in [5.41, 5.74) is 1.64. The van der Waals surface area contributed by atoms with Crippen molar-refractivity contribution in [1.82, 2.24) is 9.55 Å². The Morgan fingerprint density at radius 1 is 0.649 bits per heavy atom. The highest BCUT2D eigenvalue weighted by Gasteiger charge is 2.20. The Morgan fingerprint density at radius 2 is 1.22 bits per heavy atom. The van der Waals surface area contributed by atoms with E-state index >= 15 is 0 Å². The molecule has 0 unspecified atom stereocenters. The van der Waals surface area contributed by atoms with Crippen molar-refractivity contribution in [2.24, 2.45) is 0 Å². The minimum Gasteiger partial charge on any atom is -0.296 e. The molecule has 0 saturated carbocycles. The lowest BCUT2D eigenvalue weighted by Gasteiger charge is -2.20. The van der Waals surface area contributed by atoms with E-state index in [1.54, 1.807) is 24.3 Å². The van der Waals surface area contributed by atoms with Crippen LogP contribution in [0.1, 0.15) is 30.6 Å².